The lowest BCUT2D eigenvalue weighted by Gasteiger charge is -2.27. The molecule has 128 valence electrons. The maximum Gasteiger partial charge on any atom is 0.209 e. The lowest BCUT2D eigenvalue weighted by atomic mass is 10.1. The van der Waals surface area contributed by atoms with Crippen LogP contribution in [-0.4, -0.2) is 39.8 Å². The summed E-state index contributed by atoms with van der Waals surface area (Å²) in [7, 11) is -1.56. The normalized spacial score (nSPS) is 14.1. The van der Waals surface area contributed by atoms with Gasteiger partial charge in [0.25, 0.3) is 0 Å². The maximum atomic E-state index is 11.3. The van der Waals surface area contributed by atoms with E-state index in [-0.39, 0.29) is 30.0 Å². The molecule has 0 aliphatic rings. The standard InChI is InChI=1S/C13H24N4O2S2.HI/c1-10(11-7-6-8-20-11)16-12(14-4)15-9-13(2,3)17-21(5,18)19;/h6-8,10,17H,9H2,1-5H3,(H2,14,15,16);1H. The van der Waals surface area contributed by atoms with Gasteiger partial charge in [-0.15, -0.1) is 35.3 Å². The van der Waals surface area contributed by atoms with E-state index in [2.05, 4.69) is 33.3 Å². The topological polar surface area (TPSA) is 82.6 Å². The van der Waals surface area contributed by atoms with Crippen molar-refractivity contribution >= 4 is 51.3 Å². The Morgan fingerprint density at radius 2 is 2.09 bits per heavy atom. The summed E-state index contributed by atoms with van der Waals surface area (Å²) in [4.78, 5) is 5.37. The lowest BCUT2D eigenvalue weighted by molar-refractivity contribution is 0.445. The van der Waals surface area contributed by atoms with E-state index in [1.54, 1.807) is 18.4 Å². The summed E-state index contributed by atoms with van der Waals surface area (Å²) in [5.41, 5.74) is -0.600. The van der Waals surface area contributed by atoms with Crippen LogP contribution >= 0.6 is 35.3 Å². The van der Waals surface area contributed by atoms with Crippen molar-refractivity contribution in [1.82, 2.24) is 15.4 Å². The molecule has 1 unspecified atom stereocenters. The van der Waals surface area contributed by atoms with Crippen LogP contribution in [0.15, 0.2) is 22.5 Å². The number of guanidine groups is 1. The zero-order chi connectivity index (χ0) is 16.1. The number of hydrogen-bond donors (Lipinski definition) is 3. The highest BCUT2D eigenvalue weighted by molar-refractivity contribution is 14.0. The molecule has 0 aromatic carbocycles. The van der Waals surface area contributed by atoms with Crippen LogP contribution in [0.2, 0.25) is 0 Å². The molecule has 1 heterocycles. The smallest absolute Gasteiger partial charge is 0.209 e. The fourth-order valence-corrected chi connectivity index (χ4v) is 3.66. The number of nitrogens with zero attached hydrogens (tertiary/aromatic N) is 1. The Kier molecular flexibility index (Phi) is 8.88. The van der Waals surface area contributed by atoms with Crippen molar-refractivity contribution in [2.24, 2.45) is 4.99 Å². The van der Waals surface area contributed by atoms with E-state index < -0.39 is 15.6 Å². The average molecular weight is 460 g/mol. The quantitative estimate of drug-likeness (QED) is 0.344. The third-order valence-electron chi connectivity index (χ3n) is 2.71. The number of halogens is 1. The molecule has 6 nitrogen and oxygen atoms in total. The first-order valence-corrected chi connectivity index (χ1v) is 9.39. The first kappa shape index (κ1) is 21.6. The molecule has 1 aromatic heterocycles. The first-order chi connectivity index (χ1) is 9.63. The van der Waals surface area contributed by atoms with Gasteiger partial charge in [0, 0.05) is 24.0 Å². The predicted molar refractivity (Wildman–Crippen MR) is 105 cm³/mol. The molecule has 0 saturated heterocycles. The summed E-state index contributed by atoms with van der Waals surface area (Å²) >= 11 is 1.68. The van der Waals surface area contributed by atoms with Crippen LogP contribution in [0.4, 0.5) is 0 Å². The number of hydrogen-bond acceptors (Lipinski definition) is 4. The van der Waals surface area contributed by atoms with Crippen molar-refractivity contribution in [2.75, 3.05) is 19.8 Å². The first-order valence-electron chi connectivity index (χ1n) is 6.62. The summed E-state index contributed by atoms with van der Waals surface area (Å²) in [6.07, 6.45) is 1.15. The molecule has 0 aliphatic carbocycles. The fourth-order valence-electron chi connectivity index (χ4n) is 1.85. The minimum Gasteiger partial charge on any atom is -0.355 e. The number of thiophene rings is 1. The van der Waals surface area contributed by atoms with Gasteiger partial charge in [0.1, 0.15) is 0 Å². The Morgan fingerprint density at radius 3 is 2.55 bits per heavy atom. The van der Waals surface area contributed by atoms with Gasteiger partial charge in [0.15, 0.2) is 5.96 Å². The molecular weight excluding hydrogens is 435 g/mol. The number of nitrogens with one attached hydrogen (secondary N) is 3. The minimum atomic E-state index is -3.24. The number of rotatable bonds is 6. The van der Waals surface area contributed by atoms with Gasteiger partial charge >= 0.3 is 0 Å². The van der Waals surface area contributed by atoms with E-state index in [1.165, 1.54) is 4.88 Å². The highest BCUT2D eigenvalue weighted by Gasteiger charge is 2.22. The van der Waals surface area contributed by atoms with Gasteiger partial charge < -0.3 is 10.6 Å². The Bertz CT molecular complexity index is 571. The van der Waals surface area contributed by atoms with Crippen LogP contribution in [0.3, 0.4) is 0 Å². The second-order valence-electron chi connectivity index (χ2n) is 5.57. The van der Waals surface area contributed by atoms with Crippen LogP contribution in [-0.2, 0) is 10.0 Å². The second-order valence-corrected chi connectivity index (χ2v) is 8.29. The van der Waals surface area contributed by atoms with Crippen LogP contribution in [0, 0.1) is 0 Å². The van der Waals surface area contributed by atoms with E-state index in [9.17, 15) is 8.42 Å². The molecule has 0 saturated carbocycles. The van der Waals surface area contributed by atoms with Crippen LogP contribution < -0.4 is 15.4 Å². The van der Waals surface area contributed by atoms with Gasteiger partial charge in [-0.25, -0.2) is 13.1 Å². The lowest BCUT2D eigenvalue weighted by Crippen LogP contribution is -2.53. The van der Waals surface area contributed by atoms with Crippen molar-refractivity contribution in [1.29, 1.82) is 0 Å². The van der Waals surface area contributed by atoms with E-state index >= 15 is 0 Å². The van der Waals surface area contributed by atoms with Crippen LogP contribution in [0.5, 0.6) is 0 Å². The molecule has 22 heavy (non-hydrogen) atoms. The van der Waals surface area contributed by atoms with Crippen molar-refractivity contribution in [3.05, 3.63) is 22.4 Å². The van der Waals surface area contributed by atoms with Gasteiger partial charge in [-0.05, 0) is 32.2 Å². The number of aliphatic imine (C=N–C) groups is 1. The highest BCUT2D eigenvalue weighted by Crippen LogP contribution is 2.17. The Morgan fingerprint density at radius 1 is 1.45 bits per heavy atom. The van der Waals surface area contributed by atoms with Crippen molar-refractivity contribution < 1.29 is 8.42 Å². The van der Waals surface area contributed by atoms with Crippen LogP contribution in [0.25, 0.3) is 0 Å². The average Bonchev–Trinajstić information content (AvgIpc) is 2.84. The Balaban J connectivity index is 0.00000441. The SMILES string of the molecule is CN=C(NCC(C)(C)NS(C)(=O)=O)NC(C)c1cccs1.I. The summed E-state index contributed by atoms with van der Waals surface area (Å²) < 4.78 is 25.2. The summed E-state index contributed by atoms with van der Waals surface area (Å²) in [6, 6.07) is 4.21. The summed E-state index contributed by atoms with van der Waals surface area (Å²) in [5.74, 6) is 0.638. The molecule has 0 aliphatic heterocycles. The van der Waals surface area contributed by atoms with E-state index in [1.807, 2.05) is 25.3 Å². The van der Waals surface area contributed by atoms with Gasteiger partial charge in [0.05, 0.1) is 12.3 Å². The monoisotopic (exact) mass is 460 g/mol. The zero-order valence-electron chi connectivity index (χ0n) is 13.5. The third-order valence-corrected chi connectivity index (χ3v) is 4.68. The molecule has 3 N–H and O–H groups in total. The molecule has 1 aromatic rings. The number of sulfonamides is 1. The minimum absolute atomic E-state index is 0. The molecule has 0 bridgehead atoms. The molecule has 0 fully saturated rings. The van der Waals surface area contributed by atoms with E-state index in [4.69, 9.17) is 0 Å². The zero-order valence-corrected chi connectivity index (χ0v) is 17.5. The Hall–Kier alpha value is -0.390. The highest BCUT2D eigenvalue weighted by atomic mass is 127. The molecule has 9 heteroatoms. The van der Waals surface area contributed by atoms with E-state index in [0.29, 0.717) is 12.5 Å². The van der Waals surface area contributed by atoms with Crippen molar-refractivity contribution in [2.45, 2.75) is 32.4 Å². The summed E-state index contributed by atoms with van der Waals surface area (Å²) in [5, 5.41) is 8.45. The van der Waals surface area contributed by atoms with Gasteiger partial charge in [0.2, 0.25) is 10.0 Å². The predicted octanol–water partition coefficient (Wildman–Crippen LogP) is 1.92. The van der Waals surface area contributed by atoms with Crippen molar-refractivity contribution in [3.63, 3.8) is 0 Å². The fraction of sp³-hybridized carbons (Fsp3) is 0.615. The van der Waals surface area contributed by atoms with Crippen LogP contribution in [0.1, 0.15) is 31.7 Å². The molecular formula is C13H25IN4O2S2. The maximum absolute atomic E-state index is 11.3. The largest absolute Gasteiger partial charge is 0.355 e. The second kappa shape index (κ2) is 9.04. The Labute approximate surface area is 154 Å². The van der Waals surface area contributed by atoms with Crippen molar-refractivity contribution in [3.8, 4) is 0 Å². The molecule has 0 amide bonds. The molecule has 1 rings (SSSR count). The molecule has 0 radical (unpaired) electrons. The third kappa shape index (κ3) is 8.30. The van der Waals surface area contributed by atoms with Gasteiger partial charge in [-0.2, -0.15) is 0 Å². The summed E-state index contributed by atoms with van der Waals surface area (Å²) in [6.45, 7) is 6.11. The van der Waals surface area contributed by atoms with Gasteiger partial charge in [-0.1, -0.05) is 6.07 Å². The molecule has 0 spiro atoms. The molecule has 1 atom stereocenters. The van der Waals surface area contributed by atoms with Gasteiger partial charge in [-0.3, -0.25) is 4.99 Å². The van der Waals surface area contributed by atoms with E-state index in [0.717, 1.165) is 6.26 Å².